The van der Waals surface area contributed by atoms with Crippen LogP contribution in [0, 0.1) is 4.77 Å². The van der Waals surface area contributed by atoms with E-state index in [1.807, 2.05) is 54.6 Å². The van der Waals surface area contributed by atoms with Crippen molar-refractivity contribution >= 4 is 18.4 Å². The van der Waals surface area contributed by atoms with Gasteiger partial charge in [-0.3, -0.25) is 5.10 Å². The molecule has 0 spiro atoms. The van der Waals surface area contributed by atoms with Crippen LogP contribution in [0.5, 0.6) is 5.75 Å². The second-order valence-corrected chi connectivity index (χ2v) is 6.45. The van der Waals surface area contributed by atoms with E-state index in [1.165, 1.54) is 0 Å². The van der Waals surface area contributed by atoms with Gasteiger partial charge in [0, 0.05) is 5.92 Å². The highest BCUT2D eigenvalue weighted by Crippen LogP contribution is 2.38. The first kappa shape index (κ1) is 15.8. The highest BCUT2D eigenvalue weighted by Gasteiger charge is 2.29. The van der Waals surface area contributed by atoms with Crippen LogP contribution in [0.3, 0.4) is 0 Å². The minimum Gasteiger partial charge on any atom is -0.489 e. The Bertz CT molecular complexity index is 941. The smallest absolute Gasteiger partial charge is 0.216 e. The molecule has 1 aromatic heterocycles. The summed E-state index contributed by atoms with van der Waals surface area (Å²) in [6.45, 7) is 0.542. The number of aromatic nitrogens is 3. The molecule has 0 unspecified atom stereocenters. The zero-order valence-electron chi connectivity index (χ0n) is 13.6. The fraction of sp³-hybridized carbons (Fsp3) is 0.211. The highest BCUT2D eigenvalue weighted by atomic mass is 32.1. The summed E-state index contributed by atoms with van der Waals surface area (Å²) >= 11 is 5.26. The van der Waals surface area contributed by atoms with E-state index in [4.69, 9.17) is 17.0 Å². The summed E-state index contributed by atoms with van der Waals surface area (Å²) in [5.74, 6) is 2.20. The third kappa shape index (κ3) is 3.85. The number of H-pyrrole nitrogens is 1. The minimum atomic E-state index is 0.477. The molecule has 1 aliphatic carbocycles. The van der Waals surface area contributed by atoms with Crippen molar-refractivity contribution in [2.45, 2.75) is 25.4 Å². The first-order valence-corrected chi connectivity index (χ1v) is 8.69. The molecule has 0 atom stereocenters. The van der Waals surface area contributed by atoms with Gasteiger partial charge in [-0.25, -0.2) is 0 Å². The summed E-state index contributed by atoms with van der Waals surface area (Å²) < 4.78 is 8.09. The number of ether oxygens (including phenoxy) is 1. The lowest BCUT2D eigenvalue weighted by molar-refractivity contribution is 0.306. The Morgan fingerprint density at radius 3 is 2.84 bits per heavy atom. The van der Waals surface area contributed by atoms with Crippen molar-refractivity contribution in [1.82, 2.24) is 14.9 Å². The minimum absolute atomic E-state index is 0.477. The number of hydrogen-bond acceptors (Lipinski definition) is 4. The maximum atomic E-state index is 5.86. The van der Waals surface area contributed by atoms with E-state index < -0.39 is 0 Å². The van der Waals surface area contributed by atoms with Crippen LogP contribution in [0.25, 0.3) is 0 Å². The number of benzene rings is 2. The maximum Gasteiger partial charge on any atom is 0.216 e. The predicted molar refractivity (Wildman–Crippen MR) is 99.6 cm³/mol. The van der Waals surface area contributed by atoms with Gasteiger partial charge < -0.3 is 4.74 Å². The highest BCUT2D eigenvalue weighted by molar-refractivity contribution is 7.71. The zero-order chi connectivity index (χ0) is 17.1. The molecule has 4 rings (SSSR count). The van der Waals surface area contributed by atoms with Crippen LogP contribution < -0.4 is 4.74 Å². The van der Waals surface area contributed by atoms with Crippen LogP contribution in [0.1, 0.15) is 35.7 Å². The number of nitrogens with one attached hydrogen (secondary N) is 1. The summed E-state index contributed by atoms with van der Waals surface area (Å²) in [5.41, 5.74) is 2.09. The largest absolute Gasteiger partial charge is 0.489 e. The van der Waals surface area contributed by atoms with Crippen molar-refractivity contribution in [3.05, 3.63) is 76.3 Å². The average Bonchev–Trinajstić information content (AvgIpc) is 3.43. The van der Waals surface area contributed by atoms with Crippen LogP contribution in [-0.2, 0) is 6.61 Å². The van der Waals surface area contributed by atoms with Gasteiger partial charge in [0.05, 0.1) is 6.21 Å². The van der Waals surface area contributed by atoms with Gasteiger partial charge >= 0.3 is 0 Å². The molecule has 1 heterocycles. The second-order valence-electron chi connectivity index (χ2n) is 6.06. The van der Waals surface area contributed by atoms with Crippen LogP contribution in [0.2, 0.25) is 0 Å². The van der Waals surface area contributed by atoms with Crippen molar-refractivity contribution in [2.24, 2.45) is 5.10 Å². The molecule has 1 fully saturated rings. The molecule has 1 saturated carbocycles. The topological polar surface area (TPSA) is 55.2 Å². The molecule has 126 valence electrons. The van der Waals surface area contributed by atoms with E-state index in [1.54, 1.807) is 10.9 Å². The predicted octanol–water partition coefficient (Wildman–Crippen LogP) is 4.28. The van der Waals surface area contributed by atoms with Crippen molar-refractivity contribution in [3.8, 4) is 5.75 Å². The third-order valence-corrected chi connectivity index (χ3v) is 4.31. The first-order chi connectivity index (χ1) is 12.3. The van der Waals surface area contributed by atoms with Gasteiger partial charge in [-0.1, -0.05) is 42.5 Å². The van der Waals surface area contributed by atoms with Crippen LogP contribution in [0.15, 0.2) is 59.7 Å². The number of nitrogens with zero attached hydrogens (tertiary/aromatic N) is 3. The Labute approximate surface area is 151 Å². The number of rotatable bonds is 6. The van der Waals surface area contributed by atoms with E-state index >= 15 is 0 Å². The third-order valence-electron chi connectivity index (χ3n) is 4.05. The van der Waals surface area contributed by atoms with Gasteiger partial charge in [-0.2, -0.15) is 14.9 Å². The summed E-state index contributed by atoms with van der Waals surface area (Å²) in [4.78, 5) is 0. The SMILES string of the molecule is S=c1[nH]nc(C2CC2)n1/N=C\c1cccc(OCc2ccccc2)c1. The lowest BCUT2D eigenvalue weighted by Gasteiger charge is -2.06. The zero-order valence-corrected chi connectivity index (χ0v) is 14.4. The molecule has 6 heteroatoms. The average molecular weight is 350 g/mol. The van der Waals surface area contributed by atoms with Gasteiger partial charge in [0.2, 0.25) is 4.77 Å². The Kier molecular flexibility index (Phi) is 4.43. The normalized spacial score (nSPS) is 14.1. The van der Waals surface area contributed by atoms with Crippen LogP contribution in [-0.4, -0.2) is 21.1 Å². The molecule has 1 aliphatic rings. The summed E-state index contributed by atoms with van der Waals surface area (Å²) in [6.07, 6.45) is 4.09. The molecule has 0 bridgehead atoms. The van der Waals surface area contributed by atoms with Crippen LogP contribution >= 0.6 is 12.2 Å². The summed E-state index contributed by atoms with van der Waals surface area (Å²) in [6, 6.07) is 18.0. The van der Waals surface area contributed by atoms with E-state index in [9.17, 15) is 0 Å². The molecular formula is C19H18N4OS. The standard InChI is InChI=1S/C19H18N4OS/c25-19-22-21-18(16-9-10-16)23(19)20-12-15-7-4-8-17(11-15)24-13-14-5-2-1-3-6-14/h1-8,11-12,16H,9-10,13H2,(H,22,25)/b20-12-. The van der Waals surface area contributed by atoms with E-state index in [-0.39, 0.29) is 0 Å². The van der Waals surface area contributed by atoms with Crippen LogP contribution in [0.4, 0.5) is 0 Å². The number of aromatic amines is 1. The lowest BCUT2D eigenvalue weighted by Crippen LogP contribution is -1.98. The Balaban J connectivity index is 1.48. The summed E-state index contributed by atoms with van der Waals surface area (Å²) in [7, 11) is 0. The molecule has 0 amide bonds. The Morgan fingerprint density at radius 2 is 2.04 bits per heavy atom. The lowest BCUT2D eigenvalue weighted by atomic mass is 10.2. The fourth-order valence-corrected chi connectivity index (χ4v) is 2.76. The molecule has 0 saturated heterocycles. The summed E-state index contributed by atoms with van der Waals surface area (Å²) in [5, 5.41) is 11.6. The van der Waals surface area contributed by atoms with Gasteiger partial charge in [-0.05, 0) is 48.3 Å². The van der Waals surface area contributed by atoms with E-state index in [0.717, 1.165) is 35.5 Å². The molecule has 5 nitrogen and oxygen atoms in total. The van der Waals surface area contributed by atoms with Gasteiger partial charge in [0.15, 0.2) is 5.82 Å². The monoisotopic (exact) mass is 350 g/mol. The Hall–Kier alpha value is -2.73. The first-order valence-electron chi connectivity index (χ1n) is 8.28. The van der Waals surface area contributed by atoms with Crippen molar-refractivity contribution in [3.63, 3.8) is 0 Å². The van der Waals surface area contributed by atoms with Gasteiger partial charge in [0.1, 0.15) is 12.4 Å². The molecule has 1 N–H and O–H groups in total. The molecule has 3 aromatic rings. The van der Waals surface area contributed by atoms with Gasteiger partial charge in [-0.15, -0.1) is 0 Å². The van der Waals surface area contributed by atoms with Gasteiger partial charge in [0.25, 0.3) is 0 Å². The second kappa shape index (κ2) is 7.03. The van der Waals surface area contributed by atoms with E-state index in [0.29, 0.717) is 17.3 Å². The maximum absolute atomic E-state index is 5.86. The molecule has 0 radical (unpaired) electrons. The fourth-order valence-electron chi connectivity index (χ4n) is 2.57. The molecular weight excluding hydrogens is 332 g/mol. The molecule has 25 heavy (non-hydrogen) atoms. The van der Waals surface area contributed by atoms with Crippen molar-refractivity contribution < 1.29 is 4.74 Å². The van der Waals surface area contributed by atoms with Crippen molar-refractivity contribution in [2.75, 3.05) is 0 Å². The number of hydrogen-bond donors (Lipinski definition) is 1. The molecule has 0 aliphatic heterocycles. The Morgan fingerprint density at radius 1 is 1.20 bits per heavy atom. The quantitative estimate of drug-likeness (QED) is 0.533. The van der Waals surface area contributed by atoms with Crippen molar-refractivity contribution in [1.29, 1.82) is 0 Å². The van der Waals surface area contributed by atoms with E-state index in [2.05, 4.69) is 15.3 Å². The molecule has 2 aromatic carbocycles.